The first-order valence-electron chi connectivity index (χ1n) is 6.98. The van der Waals surface area contributed by atoms with Gasteiger partial charge in [-0.15, -0.1) is 0 Å². The van der Waals surface area contributed by atoms with Crippen molar-refractivity contribution in [2.75, 3.05) is 18.6 Å². The lowest BCUT2D eigenvalue weighted by Gasteiger charge is -2.24. The van der Waals surface area contributed by atoms with E-state index in [0.29, 0.717) is 5.56 Å². The van der Waals surface area contributed by atoms with Gasteiger partial charge in [0, 0.05) is 30.2 Å². The zero-order valence-electron chi connectivity index (χ0n) is 12.7. The van der Waals surface area contributed by atoms with Crippen molar-refractivity contribution in [1.29, 1.82) is 0 Å². The number of methoxy groups -OCH3 is 1. The number of hydrogen-bond donors (Lipinski definition) is 0. The summed E-state index contributed by atoms with van der Waals surface area (Å²) in [4.78, 5) is 29.7. The summed E-state index contributed by atoms with van der Waals surface area (Å²) in [6, 6.07) is 10.9. The van der Waals surface area contributed by atoms with E-state index in [9.17, 15) is 9.59 Å². The fourth-order valence-electron chi connectivity index (χ4n) is 2.15. The Labute approximate surface area is 129 Å². The van der Waals surface area contributed by atoms with Crippen LogP contribution >= 0.6 is 0 Å². The highest BCUT2D eigenvalue weighted by Gasteiger charge is 2.20. The molecule has 0 spiro atoms. The van der Waals surface area contributed by atoms with Gasteiger partial charge in [-0.1, -0.05) is 18.2 Å². The maximum atomic E-state index is 12.7. The molecule has 0 bridgehead atoms. The number of carbonyl (C=O) groups is 2. The number of amides is 1. The first-order valence-corrected chi connectivity index (χ1v) is 6.98. The molecular formula is C17H18N2O3. The Balaban J connectivity index is 2.31. The van der Waals surface area contributed by atoms with Crippen LogP contribution in [0, 0.1) is 6.92 Å². The second-order valence-corrected chi connectivity index (χ2v) is 4.81. The van der Waals surface area contributed by atoms with E-state index in [4.69, 9.17) is 0 Å². The number of anilines is 1. The fourth-order valence-corrected chi connectivity index (χ4v) is 2.15. The van der Waals surface area contributed by atoms with Crippen molar-refractivity contribution in [3.8, 4) is 0 Å². The highest BCUT2D eigenvalue weighted by molar-refractivity contribution is 6.06. The topological polar surface area (TPSA) is 59.5 Å². The standard InChI is InChI=1S/C17H18N2O3/c1-13-5-3-4-6-15(13)19(12-9-16(20)22-2)17(21)14-7-10-18-11-8-14/h3-8,10-11H,9,12H2,1-2H3. The molecule has 0 saturated carbocycles. The van der Waals surface area contributed by atoms with Crippen LogP contribution in [-0.4, -0.2) is 30.5 Å². The van der Waals surface area contributed by atoms with Crippen LogP contribution in [0.15, 0.2) is 48.8 Å². The van der Waals surface area contributed by atoms with Gasteiger partial charge in [0.15, 0.2) is 0 Å². The quantitative estimate of drug-likeness (QED) is 0.796. The third-order valence-corrected chi connectivity index (χ3v) is 3.35. The van der Waals surface area contributed by atoms with E-state index in [-0.39, 0.29) is 24.8 Å². The lowest BCUT2D eigenvalue weighted by molar-refractivity contribution is -0.140. The number of benzene rings is 1. The highest BCUT2D eigenvalue weighted by atomic mass is 16.5. The Hall–Kier alpha value is -2.69. The Bertz CT molecular complexity index is 656. The summed E-state index contributed by atoms with van der Waals surface area (Å²) in [6.07, 6.45) is 3.29. The molecule has 0 aliphatic rings. The molecule has 5 nitrogen and oxygen atoms in total. The normalized spacial score (nSPS) is 10.1. The van der Waals surface area contributed by atoms with Crippen LogP contribution in [0.3, 0.4) is 0 Å². The molecule has 1 aromatic heterocycles. The van der Waals surface area contributed by atoms with Crippen molar-refractivity contribution in [2.24, 2.45) is 0 Å². The fraction of sp³-hybridized carbons (Fsp3) is 0.235. The van der Waals surface area contributed by atoms with Crippen molar-refractivity contribution < 1.29 is 14.3 Å². The number of aryl methyl sites for hydroxylation is 1. The molecule has 1 heterocycles. The van der Waals surface area contributed by atoms with Gasteiger partial charge in [0.2, 0.25) is 0 Å². The third kappa shape index (κ3) is 3.69. The molecule has 5 heteroatoms. The summed E-state index contributed by atoms with van der Waals surface area (Å²) in [5, 5.41) is 0. The van der Waals surface area contributed by atoms with Gasteiger partial charge in [0.1, 0.15) is 0 Å². The Morgan fingerprint density at radius 2 is 1.82 bits per heavy atom. The molecule has 2 rings (SSSR count). The molecule has 0 unspecified atom stereocenters. The Kier molecular flexibility index (Phi) is 5.25. The molecular weight excluding hydrogens is 280 g/mol. The average Bonchev–Trinajstić information content (AvgIpc) is 2.56. The number of para-hydroxylation sites is 1. The van der Waals surface area contributed by atoms with Gasteiger partial charge in [-0.2, -0.15) is 0 Å². The van der Waals surface area contributed by atoms with E-state index in [2.05, 4.69) is 9.72 Å². The lowest BCUT2D eigenvalue weighted by atomic mass is 10.1. The summed E-state index contributed by atoms with van der Waals surface area (Å²) in [7, 11) is 1.34. The molecule has 0 N–H and O–H groups in total. The largest absolute Gasteiger partial charge is 0.469 e. The van der Waals surface area contributed by atoms with Crippen LogP contribution in [-0.2, 0) is 9.53 Å². The highest BCUT2D eigenvalue weighted by Crippen LogP contribution is 2.22. The predicted octanol–water partition coefficient (Wildman–Crippen LogP) is 2.60. The van der Waals surface area contributed by atoms with Crippen molar-refractivity contribution in [3.05, 3.63) is 59.9 Å². The first-order chi connectivity index (χ1) is 10.6. The van der Waals surface area contributed by atoms with E-state index in [1.807, 2.05) is 31.2 Å². The number of rotatable bonds is 5. The summed E-state index contributed by atoms with van der Waals surface area (Å²) in [5.41, 5.74) is 2.28. The van der Waals surface area contributed by atoms with Gasteiger partial charge in [-0.25, -0.2) is 0 Å². The number of nitrogens with zero attached hydrogens (tertiary/aromatic N) is 2. The zero-order chi connectivity index (χ0) is 15.9. The van der Waals surface area contributed by atoms with Gasteiger partial charge in [-0.05, 0) is 30.7 Å². The maximum absolute atomic E-state index is 12.7. The van der Waals surface area contributed by atoms with Gasteiger partial charge in [0.05, 0.1) is 13.5 Å². The number of pyridine rings is 1. The van der Waals surface area contributed by atoms with E-state index in [1.165, 1.54) is 7.11 Å². The van der Waals surface area contributed by atoms with Gasteiger partial charge in [0.25, 0.3) is 5.91 Å². The van der Waals surface area contributed by atoms with Gasteiger partial charge in [-0.3, -0.25) is 14.6 Å². The zero-order valence-corrected chi connectivity index (χ0v) is 12.7. The van der Waals surface area contributed by atoms with Crippen LogP contribution in [0.4, 0.5) is 5.69 Å². The van der Waals surface area contributed by atoms with Crippen LogP contribution in [0.1, 0.15) is 22.3 Å². The van der Waals surface area contributed by atoms with Crippen LogP contribution < -0.4 is 4.90 Å². The van der Waals surface area contributed by atoms with Crippen LogP contribution in [0.2, 0.25) is 0 Å². The average molecular weight is 298 g/mol. The number of esters is 1. The summed E-state index contributed by atoms with van der Waals surface area (Å²) < 4.78 is 4.67. The molecule has 0 radical (unpaired) electrons. The second kappa shape index (κ2) is 7.36. The Morgan fingerprint density at radius 1 is 1.14 bits per heavy atom. The summed E-state index contributed by atoms with van der Waals surface area (Å²) in [6.45, 7) is 2.19. The first kappa shape index (κ1) is 15.7. The van der Waals surface area contributed by atoms with Crippen molar-refractivity contribution in [3.63, 3.8) is 0 Å². The van der Waals surface area contributed by atoms with E-state index < -0.39 is 0 Å². The lowest BCUT2D eigenvalue weighted by Crippen LogP contribution is -2.33. The third-order valence-electron chi connectivity index (χ3n) is 3.35. The minimum Gasteiger partial charge on any atom is -0.469 e. The van der Waals surface area contributed by atoms with E-state index in [1.54, 1.807) is 29.4 Å². The molecule has 0 fully saturated rings. The number of aromatic nitrogens is 1. The molecule has 22 heavy (non-hydrogen) atoms. The van der Waals surface area contributed by atoms with Gasteiger partial charge < -0.3 is 9.64 Å². The summed E-state index contributed by atoms with van der Waals surface area (Å²) >= 11 is 0. The van der Waals surface area contributed by atoms with E-state index >= 15 is 0 Å². The molecule has 0 saturated heterocycles. The van der Waals surface area contributed by atoms with Crippen LogP contribution in [0.5, 0.6) is 0 Å². The van der Waals surface area contributed by atoms with Crippen molar-refractivity contribution in [1.82, 2.24) is 4.98 Å². The van der Waals surface area contributed by atoms with Crippen molar-refractivity contribution in [2.45, 2.75) is 13.3 Å². The Morgan fingerprint density at radius 3 is 2.45 bits per heavy atom. The molecule has 1 aromatic carbocycles. The number of ether oxygens (including phenoxy) is 1. The molecule has 1 amide bonds. The molecule has 0 atom stereocenters. The van der Waals surface area contributed by atoms with Gasteiger partial charge >= 0.3 is 5.97 Å². The number of carbonyl (C=O) groups excluding carboxylic acids is 2. The van der Waals surface area contributed by atoms with Crippen molar-refractivity contribution >= 4 is 17.6 Å². The predicted molar refractivity (Wildman–Crippen MR) is 83.7 cm³/mol. The maximum Gasteiger partial charge on any atom is 0.307 e. The molecule has 0 aliphatic heterocycles. The minimum absolute atomic E-state index is 0.141. The van der Waals surface area contributed by atoms with E-state index in [0.717, 1.165) is 11.3 Å². The summed E-state index contributed by atoms with van der Waals surface area (Å²) in [5.74, 6) is -0.512. The smallest absolute Gasteiger partial charge is 0.307 e. The molecule has 2 aromatic rings. The monoisotopic (exact) mass is 298 g/mol. The SMILES string of the molecule is COC(=O)CCN(C(=O)c1ccncc1)c1ccccc1C. The van der Waals surface area contributed by atoms with Crippen LogP contribution in [0.25, 0.3) is 0 Å². The molecule has 114 valence electrons. The minimum atomic E-state index is -0.346. The number of hydrogen-bond acceptors (Lipinski definition) is 4. The second-order valence-electron chi connectivity index (χ2n) is 4.81. The molecule has 0 aliphatic carbocycles.